The zero-order valence-corrected chi connectivity index (χ0v) is 41.4. The summed E-state index contributed by atoms with van der Waals surface area (Å²) in [6, 6.07) is 8.10. The molecule has 6 heterocycles. The summed E-state index contributed by atoms with van der Waals surface area (Å²) in [5.74, 6) is -2.92. The van der Waals surface area contributed by atoms with E-state index in [4.69, 9.17) is 37.7 Å². The maximum atomic E-state index is 17.1. The van der Waals surface area contributed by atoms with Crippen molar-refractivity contribution < 1.29 is 41.8 Å². The van der Waals surface area contributed by atoms with Crippen LogP contribution in [0, 0.1) is 17.5 Å². The van der Waals surface area contributed by atoms with Crippen LogP contribution in [-0.4, -0.2) is 138 Å². The lowest BCUT2D eigenvalue weighted by molar-refractivity contribution is -0.137. The normalized spacial score (nSPS) is 20.3. The Labute approximate surface area is 421 Å². The highest BCUT2D eigenvalue weighted by Gasteiger charge is 2.41. The molecule has 0 radical (unpaired) electrons. The fourth-order valence-corrected chi connectivity index (χ4v) is 11.3. The minimum atomic E-state index is -0.835. The van der Waals surface area contributed by atoms with Crippen molar-refractivity contribution >= 4 is 63.6 Å². The van der Waals surface area contributed by atoms with E-state index in [2.05, 4.69) is 26.7 Å². The number of nitrogens with one attached hydrogen (secondary N) is 1. The Morgan fingerprint density at radius 2 is 1.65 bits per heavy atom. The molecular formula is C52H59Cl2F3N8O6. The zero-order valence-electron chi connectivity index (χ0n) is 39.9. The van der Waals surface area contributed by atoms with E-state index in [0.717, 1.165) is 88.7 Å². The third-order valence-corrected chi connectivity index (χ3v) is 15.3. The third kappa shape index (κ3) is 11.0. The number of imide groups is 1. The lowest BCUT2D eigenvalue weighted by atomic mass is 9.85. The number of piperidine rings is 2. The van der Waals surface area contributed by atoms with E-state index in [9.17, 15) is 23.6 Å². The van der Waals surface area contributed by atoms with Crippen LogP contribution in [0.2, 0.25) is 5.02 Å². The molecule has 1 unspecified atom stereocenters. The molecule has 5 aliphatic heterocycles. The number of hydrogen-bond acceptors (Lipinski definition) is 11. The number of nitrogens with zero attached hydrogens (tertiary/aromatic N) is 7. The van der Waals surface area contributed by atoms with Gasteiger partial charge in [0.2, 0.25) is 11.8 Å². The molecule has 5 aliphatic rings. The number of benzene rings is 3. The Balaban J connectivity index is 0.788. The Kier molecular flexibility index (Phi) is 15.7. The molecule has 3 aromatic carbocycles. The average Bonchev–Trinajstić information content (AvgIpc) is 3.92. The Morgan fingerprint density at radius 1 is 0.887 bits per heavy atom. The highest BCUT2D eigenvalue weighted by Crippen LogP contribution is 2.44. The molecule has 71 heavy (non-hydrogen) atoms. The first-order valence-electron chi connectivity index (χ1n) is 24.8. The van der Waals surface area contributed by atoms with Gasteiger partial charge in [0.1, 0.15) is 41.4 Å². The van der Waals surface area contributed by atoms with Gasteiger partial charge in [-0.1, -0.05) is 55.1 Å². The van der Waals surface area contributed by atoms with Crippen LogP contribution in [0.3, 0.4) is 0 Å². The van der Waals surface area contributed by atoms with Gasteiger partial charge in [0.25, 0.3) is 11.8 Å². The van der Waals surface area contributed by atoms with E-state index < -0.39 is 29.4 Å². The second-order valence-electron chi connectivity index (χ2n) is 19.3. The van der Waals surface area contributed by atoms with Crippen LogP contribution in [0.5, 0.6) is 11.8 Å². The molecule has 9 rings (SSSR count). The molecule has 19 heteroatoms. The van der Waals surface area contributed by atoms with Gasteiger partial charge in [-0.05, 0) is 126 Å². The summed E-state index contributed by atoms with van der Waals surface area (Å²) in [6.07, 6.45) is 8.58. The van der Waals surface area contributed by atoms with Gasteiger partial charge in [-0.2, -0.15) is 9.97 Å². The lowest BCUT2D eigenvalue weighted by Gasteiger charge is -2.35. The second kappa shape index (κ2) is 22.1. The number of piperazine rings is 1. The van der Waals surface area contributed by atoms with Crippen molar-refractivity contribution in [3.63, 3.8) is 0 Å². The first-order valence-corrected chi connectivity index (χ1v) is 25.5. The molecule has 0 saturated carbocycles. The van der Waals surface area contributed by atoms with E-state index in [1.807, 2.05) is 11.9 Å². The number of likely N-dealkylation sites (tertiary alicyclic amines) is 2. The average molecular weight is 1020 g/mol. The molecule has 4 saturated heterocycles. The summed E-state index contributed by atoms with van der Waals surface area (Å²) in [4.78, 5) is 69.1. The molecule has 1 aromatic heterocycles. The predicted octanol–water partition coefficient (Wildman–Crippen LogP) is 8.21. The standard InChI is InChI=1S/C52H59Cl2F3N8O6/c1-31(53)50(68)64-23-21-63(22-24-64)48-37-28-39(54)44(46(57)47(37)59-52(60-48)71-30-34-10-9-17-61(34)2)45-40(56)11-8-12-42(45)70-25-7-5-3-4-6-18-62-19-15-32(16-20-62)35-26-33(55)27-36-38(35)29-65(51(36)69)41-13-14-43(66)58-49(41)67/h8,11-12,26-28,32,34,41H,1,3-7,9-10,13-25,29-30H2,2H3,(H,58,66,67)/t34-,41?/m0/s1. The van der Waals surface area contributed by atoms with Gasteiger partial charge in [0.05, 0.1) is 22.2 Å². The number of rotatable bonds is 17. The van der Waals surface area contributed by atoms with Crippen molar-refractivity contribution in [2.45, 2.75) is 95.2 Å². The van der Waals surface area contributed by atoms with Gasteiger partial charge in [-0.15, -0.1) is 0 Å². The number of halogens is 5. The number of carbonyl (C=O) groups is 4. The van der Waals surface area contributed by atoms with Gasteiger partial charge < -0.3 is 34.0 Å². The Hall–Kier alpha value is -5.49. The Bertz CT molecular complexity index is 2720. The predicted molar refractivity (Wildman–Crippen MR) is 264 cm³/mol. The van der Waals surface area contributed by atoms with Crippen molar-refractivity contribution in [2.24, 2.45) is 0 Å². The zero-order chi connectivity index (χ0) is 49.9. The largest absolute Gasteiger partial charge is 0.493 e. The summed E-state index contributed by atoms with van der Waals surface area (Å²) in [5.41, 5.74) is 1.57. The van der Waals surface area contributed by atoms with Crippen molar-refractivity contribution in [3.8, 4) is 22.9 Å². The van der Waals surface area contributed by atoms with E-state index in [-0.39, 0.29) is 94.1 Å². The minimum Gasteiger partial charge on any atom is -0.493 e. The third-order valence-electron chi connectivity index (χ3n) is 14.8. The second-order valence-corrected chi connectivity index (χ2v) is 20.2. The summed E-state index contributed by atoms with van der Waals surface area (Å²) in [6.45, 7) is 9.33. The molecule has 4 amide bonds. The number of anilines is 1. The monoisotopic (exact) mass is 1020 g/mol. The topological polar surface area (TPSA) is 141 Å². The van der Waals surface area contributed by atoms with Crippen LogP contribution < -0.4 is 19.7 Å². The molecule has 14 nitrogen and oxygen atoms in total. The molecule has 1 N–H and O–H groups in total. The van der Waals surface area contributed by atoms with Gasteiger partial charge in [0, 0.05) is 61.7 Å². The molecule has 378 valence electrons. The number of hydrogen-bond donors (Lipinski definition) is 1. The maximum absolute atomic E-state index is 17.1. The minimum absolute atomic E-state index is 0.0201. The molecule has 2 atom stereocenters. The molecular weight excluding hydrogens is 961 g/mol. The van der Waals surface area contributed by atoms with Gasteiger partial charge in [-0.3, -0.25) is 24.5 Å². The molecule has 0 aliphatic carbocycles. The molecule has 4 fully saturated rings. The number of amides is 4. The first kappa shape index (κ1) is 50.5. The number of likely N-dealkylation sites (N-methyl/N-ethyl adjacent to an activating group) is 1. The van der Waals surface area contributed by atoms with Gasteiger partial charge >= 0.3 is 6.01 Å². The van der Waals surface area contributed by atoms with E-state index in [1.165, 1.54) is 23.1 Å². The van der Waals surface area contributed by atoms with Crippen molar-refractivity contribution in [3.05, 3.63) is 87.2 Å². The van der Waals surface area contributed by atoms with Crippen molar-refractivity contribution in [1.82, 2.24) is 34.9 Å². The number of unbranched alkanes of at least 4 members (excludes halogenated alkanes) is 4. The number of aromatic nitrogens is 2. The summed E-state index contributed by atoms with van der Waals surface area (Å²) in [5, 5.41) is 2.53. The number of carbonyl (C=O) groups excluding carboxylic acids is 4. The number of ether oxygens (including phenoxy) is 2. The summed E-state index contributed by atoms with van der Waals surface area (Å²) >= 11 is 12.8. The molecule has 4 aromatic rings. The first-order chi connectivity index (χ1) is 34.2. The summed E-state index contributed by atoms with van der Waals surface area (Å²) < 4.78 is 60.2. The van der Waals surface area contributed by atoms with E-state index >= 15 is 8.78 Å². The van der Waals surface area contributed by atoms with Crippen molar-refractivity contribution in [2.75, 3.05) is 77.5 Å². The smallest absolute Gasteiger partial charge is 0.319 e. The SMILES string of the molecule is C=C(Cl)C(=O)N1CCN(c2nc(OC[C@@H]3CCCN3C)nc3c(F)c(-c4c(F)cccc4OCCCCCCCN4CCC(c5cc(F)cc6c5CN(C5CCC(=O)NC5=O)C6=O)CC4)c(Cl)cc23)CC1. The Morgan fingerprint density at radius 3 is 2.38 bits per heavy atom. The van der Waals surface area contributed by atoms with Crippen LogP contribution in [0.1, 0.15) is 98.0 Å². The van der Waals surface area contributed by atoms with Crippen LogP contribution in [-0.2, 0) is 20.9 Å². The highest BCUT2D eigenvalue weighted by atomic mass is 35.5. The fraction of sp³-hybridized carbons (Fsp3) is 0.500. The highest BCUT2D eigenvalue weighted by molar-refractivity contribution is 6.41. The van der Waals surface area contributed by atoms with Crippen LogP contribution >= 0.6 is 23.2 Å². The van der Waals surface area contributed by atoms with Crippen molar-refractivity contribution in [1.29, 1.82) is 0 Å². The van der Waals surface area contributed by atoms with E-state index in [1.54, 1.807) is 23.1 Å². The van der Waals surface area contributed by atoms with Crippen LogP contribution in [0.4, 0.5) is 19.0 Å². The van der Waals surface area contributed by atoms with Gasteiger partial charge in [0.15, 0.2) is 5.82 Å². The maximum Gasteiger partial charge on any atom is 0.319 e. The molecule has 0 spiro atoms. The quantitative estimate of drug-likeness (QED) is 0.0622. The van der Waals surface area contributed by atoms with Crippen LogP contribution in [0.15, 0.2) is 48.0 Å². The van der Waals surface area contributed by atoms with E-state index in [0.29, 0.717) is 56.0 Å². The number of fused-ring (bicyclic) bond motifs is 2. The molecule has 0 bridgehead atoms. The van der Waals surface area contributed by atoms with Crippen LogP contribution in [0.25, 0.3) is 22.0 Å². The van der Waals surface area contributed by atoms with Gasteiger partial charge in [-0.25, -0.2) is 13.2 Å². The summed E-state index contributed by atoms with van der Waals surface area (Å²) in [7, 11) is 2.03. The fourth-order valence-electron chi connectivity index (χ4n) is 10.9. The lowest BCUT2D eigenvalue weighted by Crippen LogP contribution is -2.52.